The summed E-state index contributed by atoms with van der Waals surface area (Å²) >= 11 is 0. The molecule has 18 heavy (non-hydrogen) atoms. The predicted octanol–water partition coefficient (Wildman–Crippen LogP) is 2.14. The van der Waals surface area contributed by atoms with E-state index in [2.05, 4.69) is 23.3 Å². The summed E-state index contributed by atoms with van der Waals surface area (Å²) in [5.41, 5.74) is 1.11. The molecule has 1 aliphatic heterocycles. The monoisotopic (exact) mass is 250 g/mol. The molecule has 1 fully saturated rings. The van der Waals surface area contributed by atoms with Gasteiger partial charge < -0.3 is 14.8 Å². The van der Waals surface area contributed by atoms with Crippen LogP contribution >= 0.6 is 0 Å². The minimum Gasteiger partial charge on any atom is -0.481 e. The summed E-state index contributed by atoms with van der Waals surface area (Å²) in [7, 11) is 1.66. The van der Waals surface area contributed by atoms with Gasteiger partial charge in [0, 0.05) is 31.0 Å². The summed E-state index contributed by atoms with van der Waals surface area (Å²) < 4.78 is 10.9. The predicted molar refractivity (Wildman–Crippen MR) is 70.7 cm³/mol. The molecular formula is C14H22N2O2. The quantitative estimate of drug-likeness (QED) is 0.869. The molecule has 2 rings (SSSR count). The second-order valence-electron chi connectivity index (χ2n) is 4.68. The molecule has 0 amide bonds. The molecule has 0 aromatic carbocycles. The molecule has 1 aromatic rings. The van der Waals surface area contributed by atoms with Crippen molar-refractivity contribution < 1.29 is 9.47 Å². The fourth-order valence-corrected chi connectivity index (χ4v) is 2.35. The zero-order valence-electron chi connectivity index (χ0n) is 11.2. The fraction of sp³-hybridized carbons (Fsp3) is 0.643. The van der Waals surface area contributed by atoms with Gasteiger partial charge in [0.1, 0.15) is 0 Å². The number of rotatable bonds is 5. The first-order valence-electron chi connectivity index (χ1n) is 6.66. The number of aromatic nitrogens is 1. The van der Waals surface area contributed by atoms with Crippen LogP contribution in [0.1, 0.15) is 31.7 Å². The zero-order chi connectivity index (χ0) is 12.8. The first-order valence-corrected chi connectivity index (χ1v) is 6.66. The lowest BCUT2D eigenvalue weighted by molar-refractivity contribution is -0.000345. The van der Waals surface area contributed by atoms with E-state index in [1.54, 1.807) is 13.3 Å². The zero-order valence-corrected chi connectivity index (χ0v) is 11.2. The molecule has 0 aliphatic carbocycles. The van der Waals surface area contributed by atoms with E-state index in [9.17, 15) is 0 Å². The van der Waals surface area contributed by atoms with Gasteiger partial charge in [-0.1, -0.05) is 13.0 Å². The second-order valence-corrected chi connectivity index (χ2v) is 4.68. The maximum Gasteiger partial charge on any atom is 0.217 e. The topological polar surface area (TPSA) is 43.4 Å². The maximum absolute atomic E-state index is 5.68. The number of pyridine rings is 1. The Morgan fingerprint density at radius 3 is 3.22 bits per heavy atom. The summed E-state index contributed by atoms with van der Waals surface area (Å²) in [4.78, 5) is 4.21. The number of methoxy groups -OCH3 is 1. The highest BCUT2D eigenvalue weighted by Gasteiger charge is 2.20. The van der Waals surface area contributed by atoms with Crippen LogP contribution in [0.2, 0.25) is 0 Å². The van der Waals surface area contributed by atoms with Crippen molar-refractivity contribution in [2.75, 3.05) is 13.7 Å². The van der Waals surface area contributed by atoms with E-state index in [0.717, 1.165) is 38.0 Å². The van der Waals surface area contributed by atoms with Crippen molar-refractivity contribution in [3.05, 3.63) is 23.9 Å². The standard InChI is InChI=1S/C14H22N2O2/c1-3-13-9-12(6-8-18-13)16-10-11-5-4-7-15-14(11)17-2/h4-5,7,12-13,16H,3,6,8-10H2,1-2H3. The van der Waals surface area contributed by atoms with Crippen molar-refractivity contribution in [3.63, 3.8) is 0 Å². The highest BCUT2D eigenvalue weighted by atomic mass is 16.5. The molecular weight excluding hydrogens is 228 g/mol. The first-order chi connectivity index (χ1) is 8.83. The molecule has 4 nitrogen and oxygen atoms in total. The van der Waals surface area contributed by atoms with Crippen LogP contribution in [0.25, 0.3) is 0 Å². The van der Waals surface area contributed by atoms with Crippen LogP contribution in [0.4, 0.5) is 0 Å². The molecule has 2 atom stereocenters. The summed E-state index contributed by atoms with van der Waals surface area (Å²) in [6.45, 7) is 3.84. The molecule has 0 saturated carbocycles. The van der Waals surface area contributed by atoms with E-state index >= 15 is 0 Å². The van der Waals surface area contributed by atoms with Gasteiger partial charge in [-0.3, -0.25) is 0 Å². The van der Waals surface area contributed by atoms with Gasteiger partial charge >= 0.3 is 0 Å². The van der Waals surface area contributed by atoms with Crippen molar-refractivity contribution in [1.29, 1.82) is 0 Å². The Bertz CT molecular complexity index is 371. The van der Waals surface area contributed by atoms with E-state index in [4.69, 9.17) is 9.47 Å². The van der Waals surface area contributed by atoms with E-state index in [0.29, 0.717) is 18.0 Å². The Balaban J connectivity index is 1.87. The van der Waals surface area contributed by atoms with Crippen LogP contribution in [0.5, 0.6) is 5.88 Å². The average molecular weight is 250 g/mol. The number of nitrogens with zero attached hydrogens (tertiary/aromatic N) is 1. The van der Waals surface area contributed by atoms with Gasteiger partial charge in [0.2, 0.25) is 5.88 Å². The van der Waals surface area contributed by atoms with Crippen molar-refractivity contribution in [1.82, 2.24) is 10.3 Å². The Kier molecular flexibility index (Phi) is 4.96. The number of hydrogen-bond acceptors (Lipinski definition) is 4. The minimum atomic E-state index is 0.409. The minimum absolute atomic E-state index is 0.409. The second kappa shape index (κ2) is 6.71. The van der Waals surface area contributed by atoms with Gasteiger partial charge in [-0.2, -0.15) is 0 Å². The van der Waals surface area contributed by atoms with Crippen molar-refractivity contribution in [2.45, 2.75) is 44.9 Å². The lowest BCUT2D eigenvalue weighted by Gasteiger charge is -2.29. The molecule has 2 heterocycles. The summed E-state index contributed by atoms with van der Waals surface area (Å²) in [5.74, 6) is 0.712. The highest BCUT2D eigenvalue weighted by molar-refractivity contribution is 5.25. The van der Waals surface area contributed by atoms with Gasteiger partial charge in [0.05, 0.1) is 13.2 Å². The van der Waals surface area contributed by atoms with Crippen molar-refractivity contribution >= 4 is 0 Å². The van der Waals surface area contributed by atoms with E-state index in [1.807, 2.05) is 6.07 Å². The van der Waals surface area contributed by atoms with Crippen LogP contribution in [0, 0.1) is 0 Å². The molecule has 1 N–H and O–H groups in total. The smallest absolute Gasteiger partial charge is 0.217 e. The van der Waals surface area contributed by atoms with Crippen LogP contribution in [-0.2, 0) is 11.3 Å². The molecule has 0 radical (unpaired) electrons. The molecule has 2 unspecified atom stereocenters. The van der Waals surface area contributed by atoms with Crippen molar-refractivity contribution in [3.8, 4) is 5.88 Å². The first kappa shape index (κ1) is 13.3. The van der Waals surface area contributed by atoms with Crippen LogP contribution < -0.4 is 10.1 Å². The molecule has 0 bridgehead atoms. The largest absolute Gasteiger partial charge is 0.481 e. The van der Waals surface area contributed by atoms with Crippen LogP contribution in [0.3, 0.4) is 0 Å². The van der Waals surface area contributed by atoms with Gasteiger partial charge in [-0.15, -0.1) is 0 Å². The SMILES string of the molecule is CCC1CC(NCc2cccnc2OC)CCO1. The van der Waals surface area contributed by atoms with E-state index < -0.39 is 0 Å². The molecule has 100 valence electrons. The third-order valence-corrected chi connectivity index (χ3v) is 3.45. The third kappa shape index (κ3) is 3.43. The molecule has 1 aliphatic rings. The Hall–Kier alpha value is -1.13. The normalized spacial score (nSPS) is 23.9. The fourth-order valence-electron chi connectivity index (χ4n) is 2.35. The lowest BCUT2D eigenvalue weighted by atomic mass is 10.0. The Morgan fingerprint density at radius 1 is 1.56 bits per heavy atom. The average Bonchev–Trinajstić information content (AvgIpc) is 2.45. The van der Waals surface area contributed by atoms with Gasteiger partial charge in [0.25, 0.3) is 0 Å². The summed E-state index contributed by atoms with van der Waals surface area (Å²) in [6.07, 6.45) is 5.43. The summed E-state index contributed by atoms with van der Waals surface area (Å²) in [6, 6.07) is 4.53. The Labute approximate surface area is 109 Å². The molecule has 0 spiro atoms. The lowest BCUT2D eigenvalue weighted by Crippen LogP contribution is -2.38. The number of nitrogens with one attached hydrogen (secondary N) is 1. The van der Waals surface area contributed by atoms with Crippen LogP contribution in [0.15, 0.2) is 18.3 Å². The highest BCUT2D eigenvalue weighted by Crippen LogP contribution is 2.18. The maximum atomic E-state index is 5.68. The van der Waals surface area contributed by atoms with Crippen molar-refractivity contribution in [2.24, 2.45) is 0 Å². The van der Waals surface area contributed by atoms with E-state index in [1.165, 1.54) is 0 Å². The summed E-state index contributed by atoms with van der Waals surface area (Å²) in [5, 5.41) is 3.58. The van der Waals surface area contributed by atoms with Gasteiger partial charge in [0.15, 0.2) is 0 Å². The molecule has 1 saturated heterocycles. The third-order valence-electron chi connectivity index (χ3n) is 3.45. The molecule has 1 aromatic heterocycles. The van der Waals surface area contributed by atoms with Gasteiger partial charge in [-0.25, -0.2) is 4.98 Å². The number of ether oxygens (including phenoxy) is 2. The van der Waals surface area contributed by atoms with E-state index in [-0.39, 0.29) is 0 Å². The van der Waals surface area contributed by atoms with Gasteiger partial charge in [-0.05, 0) is 25.3 Å². The molecule has 4 heteroatoms. The Morgan fingerprint density at radius 2 is 2.44 bits per heavy atom. The van der Waals surface area contributed by atoms with Crippen LogP contribution in [-0.4, -0.2) is 30.8 Å². The number of hydrogen-bond donors (Lipinski definition) is 1.